The molecule has 2 aromatic rings. The van der Waals surface area contributed by atoms with E-state index in [1.165, 1.54) is 27.8 Å². The van der Waals surface area contributed by atoms with Crippen molar-refractivity contribution in [2.45, 2.75) is 32.0 Å². The molecule has 0 spiro atoms. The van der Waals surface area contributed by atoms with Crippen molar-refractivity contribution < 1.29 is 0 Å². The first-order valence-corrected chi connectivity index (χ1v) is 7.26. The third-order valence-electron chi connectivity index (χ3n) is 3.52. The maximum Gasteiger partial charge on any atom is 0.0440 e. The number of halogens is 1. The Morgan fingerprint density at radius 2 is 1.39 bits per heavy atom. The van der Waals surface area contributed by atoms with Gasteiger partial charge in [0.25, 0.3) is 0 Å². The van der Waals surface area contributed by atoms with Crippen LogP contribution in [0.4, 0.5) is 0 Å². The van der Waals surface area contributed by atoms with Gasteiger partial charge in [-0.25, -0.2) is 0 Å². The van der Waals surface area contributed by atoms with Crippen LogP contribution in [0.2, 0.25) is 0 Å². The van der Waals surface area contributed by atoms with E-state index in [0.29, 0.717) is 4.83 Å². The zero-order valence-electron chi connectivity index (χ0n) is 11.2. The van der Waals surface area contributed by atoms with Crippen molar-refractivity contribution in [1.82, 2.24) is 0 Å². The van der Waals surface area contributed by atoms with Crippen molar-refractivity contribution >= 4 is 15.9 Å². The Morgan fingerprint density at radius 3 is 2.00 bits per heavy atom. The molecule has 0 radical (unpaired) electrons. The van der Waals surface area contributed by atoms with E-state index in [0.717, 1.165) is 6.42 Å². The summed E-state index contributed by atoms with van der Waals surface area (Å²) in [5.74, 6) is 0. The quantitative estimate of drug-likeness (QED) is 0.676. The number of aryl methyl sites for hydroxylation is 3. The van der Waals surface area contributed by atoms with Crippen LogP contribution in [-0.2, 0) is 6.42 Å². The lowest BCUT2D eigenvalue weighted by Gasteiger charge is -2.17. The van der Waals surface area contributed by atoms with Crippen molar-refractivity contribution in [2.75, 3.05) is 0 Å². The van der Waals surface area contributed by atoms with E-state index >= 15 is 0 Å². The highest BCUT2D eigenvalue weighted by Gasteiger charge is 2.14. The molecule has 0 aliphatic rings. The number of hydrogen-bond acceptors (Lipinski definition) is 0. The Kier molecular flexibility index (Phi) is 4.23. The molecule has 0 aliphatic carbocycles. The Balaban J connectivity index is 2.28. The first kappa shape index (κ1) is 13.4. The molecule has 0 amide bonds. The molecule has 1 heteroatoms. The molecule has 1 unspecified atom stereocenters. The van der Waals surface area contributed by atoms with E-state index in [-0.39, 0.29) is 0 Å². The highest BCUT2D eigenvalue weighted by Crippen LogP contribution is 2.32. The molecule has 0 aromatic heterocycles. The average molecular weight is 303 g/mol. The van der Waals surface area contributed by atoms with Gasteiger partial charge in [-0.05, 0) is 55.0 Å². The maximum absolute atomic E-state index is 3.86. The highest BCUT2D eigenvalue weighted by molar-refractivity contribution is 9.09. The normalized spacial score (nSPS) is 12.4. The minimum atomic E-state index is 0.389. The smallest absolute Gasteiger partial charge is 0.0440 e. The summed E-state index contributed by atoms with van der Waals surface area (Å²) in [5.41, 5.74) is 6.95. The molecule has 0 nitrogen and oxygen atoms in total. The lowest BCUT2D eigenvalue weighted by atomic mass is 9.95. The minimum absolute atomic E-state index is 0.389. The molecular formula is C17H19Br. The summed E-state index contributed by atoms with van der Waals surface area (Å²) in [6.07, 6.45) is 1.04. The van der Waals surface area contributed by atoms with Crippen molar-refractivity contribution in [1.29, 1.82) is 0 Å². The van der Waals surface area contributed by atoms with Crippen LogP contribution in [0.3, 0.4) is 0 Å². The number of hydrogen-bond donors (Lipinski definition) is 0. The third-order valence-corrected chi connectivity index (χ3v) is 4.30. The topological polar surface area (TPSA) is 0 Å². The lowest BCUT2D eigenvalue weighted by molar-refractivity contribution is 0.918. The van der Waals surface area contributed by atoms with Crippen LogP contribution in [-0.4, -0.2) is 0 Å². The summed E-state index contributed by atoms with van der Waals surface area (Å²) in [6, 6.07) is 15.1. The van der Waals surface area contributed by atoms with Gasteiger partial charge in [-0.2, -0.15) is 0 Å². The molecule has 0 saturated carbocycles. The van der Waals surface area contributed by atoms with Gasteiger partial charge in [0, 0.05) is 4.83 Å². The van der Waals surface area contributed by atoms with Gasteiger partial charge in [0.05, 0.1) is 0 Å². The fourth-order valence-electron chi connectivity index (χ4n) is 2.46. The minimum Gasteiger partial charge on any atom is -0.0835 e. The average Bonchev–Trinajstić information content (AvgIpc) is 2.32. The van der Waals surface area contributed by atoms with Gasteiger partial charge in [0.1, 0.15) is 0 Å². The van der Waals surface area contributed by atoms with Gasteiger partial charge in [-0.3, -0.25) is 0 Å². The fourth-order valence-corrected chi connectivity index (χ4v) is 3.53. The van der Waals surface area contributed by atoms with Gasteiger partial charge in [0.2, 0.25) is 0 Å². The summed E-state index contributed by atoms with van der Waals surface area (Å²) >= 11 is 3.86. The molecule has 2 rings (SSSR count). The SMILES string of the molecule is Cc1ccccc1CC(Br)c1c(C)cccc1C. The maximum atomic E-state index is 3.86. The highest BCUT2D eigenvalue weighted by atomic mass is 79.9. The Morgan fingerprint density at radius 1 is 0.833 bits per heavy atom. The molecule has 0 heterocycles. The molecule has 0 fully saturated rings. The van der Waals surface area contributed by atoms with Gasteiger partial charge in [-0.15, -0.1) is 0 Å². The molecule has 0 bridgehead atoms. The molecule has 0 saturated heterocycles. The van der Waals surface area contributed by atoms with Crippen molar-refractivity contribution in [3.63, 3.8) is 0 Å². The van der Waals surface area contributed by atoms with Gasteiger partial charge in [-0.1, -0.05) is 58.4 Å². The van der Waals surface area contributed by atoms with Crippen molar-refractivity contribution in [3.05, 3.63) is 70.3 Å². The van der Waals surface area contributed by atoms with Gasteiger partial charge < -0.3 is 0 Å². The zero-order chi connectivity index (χ0) is 13.1. The van der Waals surface area contributed by atoms with Crippen molar-refractivity contribution in [3.8, 4) is 0 Å². The summed E-state index contributed by atoms with van der Waals surface area (Å²) in [4.78, 5) is 0.389. The molecule has 0 N–H and O–H groups in total. The summed E-state index contributed by atoms with van der Waals surface area (Å²) in [7, 11) is 0. The van der Waals surface area contributed by atoms with Gasteiger partial charge in [0.15, 0.2) is 0 Å². The molecule has 0 aliphatic heterocycles. The Bertz CT molecular complexity index is 523. The first-order valence-electron chi connectivity index (χ1n) is 6.34. The van der Waals surface area contributed by atoms with E-state index in [1.54, 1.807) is 0 Å². The van der Waals surface area contributed by atoms with E-state index < -0.39 is 0 Å². The predicted molar refractivity (Wildman–Crippen MR) is 82.5 cm³/mol. The Labute approximate surface area is 118 Å². The number of rotatable bonds is 3. The van der Waals surface area contributed by atoms with Crippen LogP contribution in [0.15, 0.2) is 42.5 Å². The van der Waals surface area contributed by atoms with Crippen LogP contribution < -0.4 is 0 Å². The molecular weight excluding hydrogens is 284 g/mol. The second-order valence-electron chi connectivity index (χ2n) is 4.90. The van der Waals surface area contributed by atoms with Crippen molar-refractivity contribution in [2.24, 2.45) is 0 Å². The largest absolute Gasteiger partial charge is 0.0835 e. The van der Waals surface area contributed by atoms with Crippen LogP contribution in [0.5, 0.6) is 0 Å². The second-order valence-corrected chi connectivity index (χ2v) is 6.01. The lowest BCUT2D eigenvalue weighted by Crippen LogP contribution is -2.01. The zero-order valence-corrected chi connectivity index (χ0v) is 12.8. The summed E-state index contributed by atoms with van der Waals surface area (Å²) < 4.78 is 0. The fraction of sp³-hybridized carbons (Fsp3) is 0.294. The van der Waals surface area contributed by atoms with Crippen LogP contribution in [0.1, 0.15) is 32.6 Å². The van der Waals surface area contributed by atoms with Crippen LogP contribution in [0, 0.1) is 20.8 Å². The monoisotopic (exact) mass is 302 g/mol. The predicted octanol–water partition coefficient (Wildman–Crippen LogP) is 5.29. The van der Waals surface area contributed by atoms with Crippen LogP contribution in [0.25, 0.3) is 0 Å². The molecule has 2 aromatic carbocycles. The van der Waals surface area contributed by atoms with E-state index in [1.807, 2.05) is 0 Å². The Hall–Kier alpha value is -1.08. The number of alkyl halides is 1. The molecule has 18 heavy (non-hydrogen) atoms. The van der Waals surface area contributed by atoms with Crippen LogP contribution >= 0.6 is 15.9 Å². The molecule has 1 atom stereocenters. The summed E-state index contributed by atoms with van der Waals surface area (Å²) in [5, 5.41) is 0. The van der Waals surface area contributed by atoms with E-state index in [9.17, 15) is 0 Å². The standard InChI is InChI=1S/C17H19Br/c1-12-7-4-5-10-15(12)11-16(18)17-13(2)8-6-9-14(17)3/h4-10,16H,11H2,1-3H3. The van der Waals surface area contributed by atoms with E-state index in [4.69, 9.17) is 0 Å². The second kappa shape index (κ2) is 5.71. The first-order chi connectivity index (χ1) is 8.59. The van der Waals surface area contributed by atoms with E-state index in [2.05, 4.69) is 79.2 Å². The van der Waals surface area contributed by atoms with Gasteiger partial charge >= 0.3 is 0 Å². The summed E-state index contributed by atoms with van der Waals surface area (Å²) in [6.45, 7) is 6.56. The third kappa shape index (κ3) is 2.84. The number of benzene rings is 2. The molecule has 94 valence electrons.